The zero-order valence-corrected chi connectivity index (χ0v) is 12.8. The first-order chi connectivity index (χ1) is 8.48. The van der Waals surface area contributed by atoms with Gasteiger partial charge in [-0.3, -0.25) is 0 Å². The van der Waals surface area contributed by atoms with E-state index in [2.05, 4.69) is 15.9 Å². The molecule has 0 heterocycles. The van der Waals surface area contributed by atoms with Gasteiger partial charge in [-0.05, 0) is 36.5 Å². The minimum absolute atomic E-state index is 0.0346. The van der Waals surface area contributed by atoms with Crippen LogP contribution >= 0.6 is 15.9 Å². The van der Waals surface area contributed by atoms with Crippen LogP contribution < -0.4 is 0 Å². The zero-order valence-electron chi connectivity index (χ0n) is 10.4. The standard InChI is InChI=1S/C13H18BrFO2S/c1-2-7-18(16,17)8-6-12(10-14)11-4-3-5-13(15)9-11/h3-5,9,12H,2,6-8,10H2,1H3. The molecule has 0 fully saturated rings. The summed E-state index contributed by atoms with van der Waals surface area (Å²) in [7, 11) is -2.97. The van der Waals surface area contributed by atoms with E-state index in [1.807, 2.05) is 13.0 Å². The molecule has 0 aliphatic rings. The highest BCUT2D eigenvalue weighted by Gasteiger charge is 2.16. The Morgan fingerprint density at radius 3 is 2.61 bits per heavy atom. The first kappa shape index (κ1) is 15.6. The third-order valence-electron chi connectivity index (χ3n) is 2.80. The Bertz CT molecular complexity index is 474. The van der Waals surface area contributed by atoms with Gasteiger partial charge in [0.2, 0.25) is 0 Å². The molecular weight excluding hydrogens is 319 g/mol. The van der Waals surface area contributed by atoms with Crippen molar-refractivity contribution in [3.8, 4) is 0 Å². The van der Waals surface area contributed by atoms with Gasteiger partial charge in [-0.2, -0.15) is 0 Å². The summed E-state index contributed by atoms with van der Waals surface area (Å²) >= 11 is 3.37. The monoisotopic (exact) mass is 336 g/mol. The highest BCUT2D eigenvalue weighted by Crippen LogP contribution is 2.23. The van der Waals surface area contributed by atoms with E-state index in [4.69, 9.17) is 0 Å². The quantitative estimate of drug-likeness (QED) is 0.714. The van der Waals surface area contributed by atoms with Gasteiger partial charge in [-0.25, -0.2) is 12.8 Å². The van der Waals surface area contributed by atoms with Crippen LogP contribution in [0.4, 0.5) is 4.39 Å². The third-order valence-corrected chi connectivity index (χ3v) is 5.47. The second-order valence-corrected chi connectivity index (χ2v) is 7.30. The molecule has 1 aromatic carbocycles. The average molecular weight is 337 g/mol. The van der Waals surface area contributed by atoms with E-state index in [1.54, 1.807) is 6.07 Å². The Balaban J connectivity index is 2.69. The number of halogens is 2. The van der Waals surface area contributed by atoms with Gasteiger partial charge in [0.25, 0.3) is 0 Å². The number of alkyl halides is 1. The average Bonchev–Trinajstić information content (AvgIpc) is 2.29. The van der Waals surface area contributed by atoms with Crippen LogP contribution in [-0.4, -0.2) is 25.3 Å². The number of rotatable bonds is 7. The molecule has 0 saturated heterocycles. The Morgan fingerprint density at radius 2 is 2.06 bits per heavy atom. The highest BCUT2D eigenvalue weighted by molar-refractivity contribution is 9.09. The summed E-state index contributed by atoms with van der Waals surface area (Å²) in [5.41, 5.74) is 0.846. The van der Waals surface area contributed by atoms with Crippen LogP contribution in [0.2, 0.25) is 0 Å². The van der Waals surface area contributed by atoms with E-state index in [0.29, 0.717) is 18.2 Å². The number of sulfone groups is 1. The molecular formula is C13H18BrFO2S. The van der Waals surface area contributed by atoms with Crippen molar-refractivity contribution >= 4 is 25.8 Å². The fourth-order valence-corrected chi connectivity index (χ4v) is 4.00. The number of hydrogen-bond acceptors (Lipinski definition) is 2. The maximum absolute atomic E-state index is 13.1. The lowest BCUT2D eigenvalue weighted by Gasteiger charge is -2.14. The molecule has 1 rings (SSSR count). The predicted molar refractivity (Wildman–Crippen MR) is 76.5 cm³/mol. The van der Waals surface area contributed by atoms with E-state index in [1.165, 1.54) is 12.1 Å². The number of benzene rings is 1. The van der Waals surface area contributed by atoms with Gasteiger partial charge in [-0.1, -0.05) is 35.0 Å². The molecule has 1 aromatic rings. The minimum Gasteiger partial charge on any atom is -0.229 e. The smallest absolute Gasteiger partial charge is 0.150 e. The molecule has 0 N–H and O–H groups in total. The molecule has 0 radical (unpaired) electrons. The van der Waals surface area contributed by atoms with E-state index in [-0.39, 0.29) is 23.2 Å². The summed E-state index contributed by atoms with van der Waals surface area (Å²) < 4.78 is 36.4. The van der Waals surface area contributed by atoms with Gasteiger partial charge < -0.3 is 0 Å². The molecule has 0 saturated carbocycles. The van der Waals surface area contributed by atoms with E-state index < -0.39 is 9.84 Å². The molecule has 0 bridgehead atoms. The third kappa shape index (κ3) is 5.06. The van der Waals surface area contributed by atoms with Gasteiger partial charge in [0, 0.05) is 11.1 Å². The van der Waals surface area contributed by atoms with Crippen LogP contribution in [0, 0.1) is 5.82 Å². The highest BCUT2D eigenvalue weighted by atomic mass is 79.9. The van der Waals surface area contributed by atoms with Crippen molar-refractivity contribution in [1.82, 2.24) is 0 Å². The van der Waals surface area contributed by atoms with Crippen molar-refractivity contribution in [2.45, 2.75) is 25.7 Å². The molecule has 0 aliphatic carbocycles. The Kier molecular flexibility index (Phi) is 6.29. The molecule has 0 amide bonds. The van der Waals surface area contributed by atoms with E-state index in [0.717, 1.165) is 5.56 Å². The van der Waals surface area contributed by atoms with Gasteiger partial charge in [0.1, 0.15) is 15.7 Å². The van der Waals surface area contributed by atoms with Crippen LogP contribution in [0.1, 0.15) is 31.2 Å². The summed E-state index contributed by atoms with van der Waals surface area (Å²) in [4.78, 5) is 0. The van der Waals surface area contributed by atoms with Gasteiger partial charge in [0.05, 0.1) is 5.75 Å². The second kappa shape index (κ2) is 7.24. The van der Waals surface area contributed by atoms with Crippen molar-refractivity contribution in [1.29, 1.82) is 0 Å². The minimum atomic E-state index is -2.97. The maximum atomic E-state index is 13.1. The lowest BCUT2D eigenvalue weighted by atomic mass is 9.99. The van der Waals surface area contributed by atoms with Crippen molar-refractivity contribution in [2.75, 3.05) is 16.8 Å². The largest absolute Gasteiger partial charge is 0.229 e. The first-order valence-electron chi connectivity index (χ1n) is 6.00. The maximum Gasteiger partial charge on any atom is 0.150 e. The summed E-state index contributed by atoms with van der Waals surface area (Å²) in [6, 6.07) is 6.35. The van der Waals surface area contributed by atoms with E-state index in [9.17, 15) is 12.8 Å². The predicted octanol–water partition coefficient (Wildman–Crippen LogP) is 3.52. The van der Waals surface area contributed by atoms with Crippen LogP contribution in [-0.2, 0) is 9.84 Å². The van der Waals surface area contributed by atoms with Crippen molar-refractivity contribution in [3.63, 3.8) is 0 Å². The summed E-state index contributed by atoms with van der Waals surface area (Å²) in [5.74, 6) is 0.140. The molecule has 102 valence electrons. The van der Waals surface area contributed by atoms with Gasteiger partial charge >= 0.3 is 0 Å². The summed E-state index contributed by atoms with van der Waals surface area (Å²) in [6.07, 6.45) is 1.16. The topological polar surface area (TPSA) is 34.1 Å². The van der Waals surface area contributed by atoms with Crippen LogP contribution in [0.3, 0.4) is 0 Å². The molecule has 0 aromatic heterocycles. The fourth-order valence-electron chi connectivity index (χ4n) is 1.83. The molecule has 1 unspecified atom stereocenters. The lowest BCUT2D eigenvalue weighted by Crippen LogP contribution is -2.14. The second-order valence-electron chi connectivity index (χ2n) is 4.35. The first-order valence-corrected chi connectivity index (χ1v) is 8.94. The Labute approximate surface area is 117 Å². The molecule has 0 spiro atoms. The molecule has 0 aliphatic heterocycles. The molecule has 18 heavy (non-hydrogen) atoms. The Hall–Kier alpha value is -0.420. The molecule has 1 atom stereocenters. The summed E-state index contributed by atoms with van der Waals surface area (Å²) in [5, 5.41) is 0.637. The van der Waals surface area contributed by atoms with Crippen molar-refractivity contribution in [2.24, 2.45) is 0 Å². The fraction of sp³-hybridized carbons (Fsp3) is 0.538. The lowest BCUT2D eigenvalue weighted by molar-refractivity contribution is 0.587. The summed E-state index contributed by atoms with van der Waals surface area (Å²) in [6.45, 7) is 1.85. The number of hydrogen-bond donors (Lipinski definition) is 0. The van der Waals surface area contributed by atoms with E-state index >= 15 is 0 Å². The van der Waals surface area contributed by atoms with Crippen molar-refractivity contribution in [3.05, 3.63) is 35.6 Å². The van der Waals surface area contributed by atoms with Gasteiger partial charge in [0.15, 0.2) is 0 Å². The van der Waals surface area contributed by atoms with Crippen LogP contribution in [0.5, 0.6) is 0 Å². The van der Waals surface area contributed by atoms with Crippen LogP contribution in [0.25, 0.3) is 0 Å². The normalized spacial score (nSPS) is 13.5. The van der Waals surface area contributed by atoms with Crippen molar-refractivity contribution < 1.29 is 12.8 Å². The molecule has 5 heteroatoms. The zero-order chi connectivity index (χ0) is 13.6. The van der Waals surface area contributed by atoms with Gasteiger partial charge in [-0.15, -0.1) is 0 Å². The SMILES string of the molecule is CCCS(=O)(=O)CCC(CBr)c1cccc(F)c1. The van der Waals surface area contributed by atoms with Crippen LogP contribution in [0.15, 0.2) is 24.3 Å². The Morgan fingerprint density at radius 1 is 1.33 bits per heavy atom. The molecule has 2 nitrogen and oxygen atoms in total.